The molecule has 0 saturated carbocycles. The van der Waals surface area contributed by atoms with Crippen molar-refractivity contribution in [2.24, 2.45) is 10.2 Å². The third-order valence-corrected chi connectivity index (χ3v) is 9.04. The number of carbonyl (C=O) groups is 2. The van der Waals surface area contributed by atoms with Gasteiger partial charge in [0.25, 0.3) is 20.1 Å². The monoisotopic (exact) mass is 656 g/mol. The summed E-state index contributed by atoms with van der Waals surface area (Å²) >= 11 is 0. The van der Waals surface area contributed by atoms with Gasteiger partial charge in [0.15, 0.2) is 0 Å². The van der Waals surface area contributed by atoms with E-state index in [-0.39, 0.29) is 57.3 Å². The first-order valence-corrected chi connectivity index (χ1v) is 16.0. The summed E-state index contributed by atoms with van der Waals surface area (Å²) in [5.74, 6) is -0.546. The number of imide groups is 1. The number of carbonyl (C=O) groups excluding carboxylic acids is 2. The van der Waals surface area contributed by atoms with E-state index in [9.17, 15) is 36.1 Å². The normalized spacial score (nSPS) is 11.8. The first-order valence-electron chi connectivity index (χ1n) is 13.2. The van der Waals surface area contributed by atoms with Gasteiger partial charge >= 0.3 is 12.1 Å². The van der Waals surface area contributed by atoms with E-state index in [0.717, 1.165) is 16.4 Å². The van der Waals surface area contributed by atoms with Crippen molar-refractivity contribution in [3.63, 3.8) is 0 Å². The van der Waals surface area contributed by atoms with Crippen LogP contribution >= 0.6 is 0 Å². The van der Waals surface area contributed by atoms with Crippen LogP contribution in [0.3, 0.4) is 0 Å². The van der Waals surface area contributed by atoms with Gasteiger partial charge in [0.05, 0.1) is 28.3 Å². The number of alkyl carbamates (subject to hydrolysis) is 1. The number of nitrogen functional groups attached to an aromatic ring is 1. The Hall–Kier alpha value is -5.26. The van der Waals surface area contributed by atoms with Gasteiger partial charge < -0.3 is 20.9 Å². The van der Waals surface area contributed by atoms with Crippen LogP contribution in [-0.4, -0.2) is 51.8 Å². The smallest absolute Gasteiger partial charge is 0.415 e. The van der Waals surface area contributed by atoms with E-state index in [1.807, 2.05) is 5.32 Å². The number of phenolic OH excluding ortho intramolecular Hbond substituents is 1. The summed E-state index contributed by atoms with van der Waals surface area (Å²) in [6, 6.07) is 15.6. The minimum atomic E-state index is -4.62. The highest BCUT2D eigenvalue weighted by molar-refractivity contribution is 7.93. The maximum Gasteiger partial charge on any atom is 0.415 e. The third-order valence-electron chi connectivity index (χ3n) is 6.25. The number of hydrogen-bond acceptors (Lipinski definition) is 11. The van der Waals surface area contributed by atoms with E-state index in [1.165, 1.54) is 54.6 Å². The number of nitrogens with one attached hydrogen (secondary N) is 2. The molecule has 15 nitrogen and oxygen atoms in total. The molecule has 236 valence electrons. The second kappa shape index (κ2) is 13.2. The summed E-state index contributed by atoms with van der Waals surface area (Å²) in [5, 5.41) is 23.5. The number of aromatic hydroxyl groups is 1. The third kappa shape index (κ3) is 7.28. The SMILES string of the molecule is CCOC(=O)NC(=O)Nc1ccc(N(CC)S(=O)(=O)c2ccccc2N=Nc2c(N)ccc3cc(S(=O)(=O)O)cc(O)c23)cc1. The van der Waals surface area contributed by atoms with Crippen LogP contribution in [0.4, 0.5) is 38.0 Å². The first-order chi connectivity index (χ1) is 21.3. The predicted molar refractivity (Wildman–Crippen MR) is 166 cm³/mol. The molecule has 0 aliphatic heterocycles. The fourth-order valence-corrected chi connectivity index (χ4v) is 6.41. The molecule has 0 heterocycles. The van der Waals surface area contributed by atoms with Crippen LogP contribution < -0.4 is 20.7 Å². The molecule has 3 amide bonds. The Morgan fingerprint density at radius 2 is 1.64 bits per heavy atom. The number of rotatable bonds is 9. The van der Waals surface area contributed by atoms with Gasteiger partial charge in [0, 0.05) is 18.3 Å². The van der Waals surface area contributed by atoms with E-state index < -0.39 is 42.9 Å². The van der Waals surface area contributed by atoms with Crippen LogP contribution in [0.15, 0.2) is 92.8 Å². The molecule has 0 spiro atoms. The maximum atomic E-state index is 13.9. The number of amides is 3. The number of anilines is 3. The minimum absolute atomic E-state index is 0.0180. The van der Waals surface area contributed by atoms with Crippen molar-refractivity contribution in [3.8, 4) is 5.75 Å². The Morgan fingerprint density at radius 1 is 0.956 bits per heavy atom. The van der Waals surface area contributed by atoms with Gasteiger partial charge in [-0.3, -0.25) is 8.86 Å². The molecule has 0 fully saturated rings. The van der Waals surface area contributed by atoms with Crippen molar-refractivity contribution in [2.45, 2.75) is 23.6 Å². The molecule has 0 aliphatic carbocycles. The number of ether oxygens (including phenoxy) is 1. The van der Waals surface area contributed by atoms with E-state index in [2.05, 4.69) is 20.3 Å². The molecule has 0 saturated heterocycles. The van der Waals surface area contributed by atoms with Crippen molar-refractivity contribution in [2.75, 3.05) is 28.5 Å². The van der Waals surface area contributed by atoms with Gasteiger partial charge in [-0.25, -0.2) is 23.3 Å². The Morgan fingerprint density at radius 3 is 2.29 bits per heavy atom. The summed E-state index contributed by atoms with van der Waals surface area (Å²) in [5.41, 5.74) is 6.57. The fourth-order valence-electron chi connectivity index (χ4n) is 4.28. The molecular weight excluding hydrogens is 628 g/mol. The molecule has 4 aromatic carbocycles. The van der Waals surface area contributed by atoms with Crippen molar-refractivity contribution in [3.05, 3.63) is 72.8 Å². The van der Waals surface area contributed by atoms with Crippen molar-refractivity contribution in [1.29, 1.82) is 0 Å². The van der Waals surface area contributed by atoms with Crippen molar-refractivity contribution >= 4 is 71.5 Å². The number of urea groups is 1. The number of fused-ring (bicyclic) bond motifs is 1. The lowest BCUT2D eigenvalue weighted by atomic mass is 10.1. The van der Waals surface area contributed by atoms with Crippen molar-refractivity contribution < 1.29 is 40.8 Å². The molecule has 0 unspecified atom stereocenters. The van der Waals surface area contributed by atoms with E-state index >= 15 is 0 Å². The second-order valence-electron chi connectivity index (χ2n) is 9.20. The second-order valence-corrected chi connectivity index (χ2v) is 12.5. The van der Waals surface area contributed by atoms with Crippen LogP contribution in [0.1, 0.15) is 13.8 Å². The average molecular weight is 657 g/mol. The molecule has 45 heavy (non-hydrogen) atoms. The molecule has 4 aromatic rings. The molecule has 17 heteroatoms. The lowest BCUT2D eigenvalue weighted by Crippen LogP contribution is -2.34. The number of phenols is 1. The number of nitrogens with two attached hydrogens (primary N) is 1. The van der Waals surface area contributed by atoms with E-state index in [4.69, 9.17) is 5.73 Å². The standard InChI is InChI=1S/C28H28N6O9S2/c1-3-34(19-12-10-18(11-13-19)30-27(36)31-28(37)43-4-2)44(38,39)24-8-6-5-7-22(24)32-33-26-21(29)14-9-17-15-20(45(40,41)42)16-23(35)25(17)26/h5-16,35H,3-4,29H2,1-2H3,(H,40,41,42)(H2,30,31,36,37). The van der Waals surface area contributed by atoms with Crippen LogP contribution in [0.5, 0.6) is 5.75 Å². The molecule has 0 radical (unpaired) electrons. The largest absolute Gasteiger partial charge is 0.507 e. The van der Waals surface area contributed by atoms with Gasteiger partial charge in [0.2, 0.25) is 0 Å². The molecule has 6 N–H and O–H groups in total. The lowest BCUT2D eigenvalue weighted by Gasteiger charge is -2.23. The van der Waals surface area contributed by atoms with Gasteiger partial charge in [-0.15, -0.1) is 10.2 Å². The summed E-state index contributed by atoms with van der Waals surface area (Å²) in [6.07, 6.45) is -0.920. The summed E-state index contributed by atoms with van der Waals surface area (Å²) in [6.45, 7) is 3.32. The highest BCUT2D eigenvalue weighted by Crippen LogP contribution is 2.41. The fraction of sp³-hybridized carbons (Fsp3) is 0.143. The summed E-state index contributed by atoms with van der Waals surface area (Å²) < 4.78 is 66.1. The number of nitrogens with zero attached hydrogens (tertiary/aromatic N) is 3. The molecule has 0 bridgehead atoms. The topological polar surface area (TPSA) is 230 Å². The number of sulfonamides is 1. The number of benzene rings is 4. The van der Waals surface area contributed by atoms with Gasteiger partial charge in [-0.1, -0.05) is 18.2 Å². The highest BCUT2D eigenvalue weighted by atomic mass is 32.2. The van der Waals surface area contributed by atoms with Crippen LogP contribution in [0.25, 0.3) is 10.8 Å². The quantitative estimate of drug-likeness (QED) is 0.0888. The minimum Gasteiger partial charge on any atom is -0.507 e. The molecule has 4 rings (SSSR count). The van der Waals surface area contributed by atoms with Gasteiger partial charge in [-0.2, -0.15) is 8.42 Å². The highest BCUT2D eigenvalue weighted by Gasteiger charge is 2.27. The van der Waals surface area contributed by atoms with Crippen LogP contribution in [-0.2, 0) is 24.9 Å². The maximum absolute atomic E-state index is 13.9. The first kappa shape index (κ1) is 32.6. The Bertz CT molecular complexity index is 2020. The molecular formula is C28H28N6O9S2. The van der Waals surface area contributed by atoms with Gasteiger partial charge in [0.1, 0.15) is 22.0 Å². The Kier molecular flexibility index (Phi) is 9.55. The number of hydrogen-bond donors (Lipinski definition) is 5. The zero-order chi connectivity index (χ0) is 32.9. The molecule has 0 aromatic heterocycles. The zero-order valence-corrected chi connectivity index (χ0v) is 25.5. The van der Waals surface area contributed by atoms with Crippen LogP contribution in [0.2, 0.25) is 0 Å². The van der Waals surface area contributed by atoms with E-state index in [1.54, 1.807) is 19.9 Å². The van der Waals surface area contributed by atoms with E-state index in [0.29, 0.717) is 0 Å². The lowest BCUT2D eigenvalue weighted by molar-refractivity contribution is 0.154. The Balaban J connectivity index is 1.66. The molecule has 0 atom stereocenters. The van der Waals surface area contributed by atoms with Crippen molar-refractivity contribution in [1.82, 2.24) is 5.32 Å². The summed E-state index contributed by atoms with van der Waals surface area (Å²) in [7, 11) is -8.86. The summed E-state index contributed by atoms with van der Waals surface area (Å²) in [4.78, 5) is 22.7. The van der Waals surface area contributed by atoms with Crippen LogP contribution in [0, 0.1) is 0 Å². The Labute approximate surface area is 258 Å². The average Bonchev–Trinajstić information content (AvgIpc) is 2.97. The molecule has 0 aliphatic rings. The number of azo groups is 1. The van der Waals surface area contributed by atoms with Gasteiger partial charge in [-0.05, 0) is 67.8 Å². The predicted octanol–water partition coefficient (Wildman–Crippen LogP) is 5.28. The zero-order valence-electron chi connectivity index (χ0n) is 23.8.